The van der Waals surface area contributed by atoms with Gasteiger partial charge in [0.2, 0.25) is 5.91 Å². The zero-order valence-electron chi connectivity index (χ0n) is 15.4. The molecule has 1 aromatic carbocycles. The van der Waals surface area contributed by atoms with Crippen molar-refractivity contribution in [2.45, 2.75) is 20.0 Å². The SMILES string of the molecule is CCc1ccccc1NC(=O)CN1CCN(Cn2ncn(C)c2=S)CC1. The molecular weight excluding hydrogens is 348 g/mol. The smallest absolute Gasteiger partial charge is 0.238 e. The molecule has 1 aromatic heterocycles. The molecule has 0 atom stereocenters. The van der Waals surface area contributed by atoms with Gasteiger partial charge >= 0.3 is 0 Å². The van der Waals surface area contributed by atoms with Gasteiger partial charge in [0, 0.05) is 38.9 Å². The number of anilines is 1. The van der Waals surface area contributed by atoms with Crippen LogP contribution >= 0.6 is 12.2 Å². The van der Waals surface area contributed by atoms with E-state index in [2.05, 4.69) is 33.2 Å². The fourth-order valence-electron chi connectivity index (χ4n) is 3.14. The molecule has 1 saturated heterocycles. The number of piperazine rings is 1. The van der Waals surface area contributed by atoms with Gasteiger partial charge in [-0.15, -0.1) is 0 Å². The average Bonchev–Trinajstić information content (AvgIpc) is 2.96. The fourth-order valence-corrected chi connectivity index (χ4v) is 3.29. The molecule has 1 aliphatic rings. The minimum Gasteiger partial charge on any atom is -0.325 e. The summed E-state index contributed by atoms with van der Waals surface area (Å²) >= 11 is 5.33. The van der Waals surface area contributed by atoms with Crippen molar-refractivity contribution in [3.63, 3.8) is 0 Å². The topological polar surface area (TPSA) is 58.3 Å². The highest BCUT2D eigenvalue weighted by atomic mass is 32.1. The quantitative estimate of drug-likeness (QED) is 0.781. The first-order valence-electron chi connectivity index (χ1n) is 8.97. The van der Waals surface area contributed by atoms with Crippen molar-refractivity contribution >= 4 is 23.8 Å². The van der Waals surface area contributed by atoms with Crippen molar-refractivity contribution in [2.24, 2.45) is 7.05 Å². The highest BCUT2D eigenvalue weighted by Crippen LogP contribution is 2.15. The molecule has 2 aromatic rings. The van der Waals surface area contributed by atoms with Crippen molar-refractivity contribution in [1.29, 1.82) is 0 Å². The predicted molar refractivity (Wildman–Crippen MR) is 104 cm³/mol. The Balaban J connectivity index is 1.47. The summed E-state index contributed by atoms with van der Waals surface area (Å²) in [4.78, 5) is 16.9. The first-order valence-corrected chi connectivity index (χ1v) is 9.38. The Kier molecular flexibility index (Phi) is 6.18. The van der Waals surface area contributed by atoms with E-state index in [4.69, 9.17) is 12.2 Å². The van der Waals surface area contributed by atoms with Crippen molar-refractivity contribution < 1.29 is 4.79 Å². The lowest BCUT2D eigenvalue weighted by molar-refractivity contribution is -0.117. The number of nitrogens with zero attached hydrogens (tertiary/aromatic N) is 5. The lowest BCUT2D eigenvalue weighted by Gasteiger charge is -2.34. The molecule has 3 rings (SSSR count). The van der Waals surface area contributed by atoms with Crippen molar-refractivity contribution in [1.82, 2.24) is 24.1 Å². The van der Waals surface area contributed by atoms with Gasteiger partial charge in [-0.3, -0.25) is 14.6 Å². The van der Waals surface area contributed by atoms with Gasteiger partial charge in [-0.1, -0.05) is 25.1 Å². The van der Waals surface area contributed by atoms with Crippen LogP contribution in [0.25, 0.3) is 0 Å². The van der Waals surface area contributed by atoms with Crippen LogP contribution in [0.3, 0.4) is 0 Å². The number of rotatable bonds is 6. The molecule has 1 fully saturated rings. The van der Waals surface area contributed by atoms with Crippen LogP contribution < -0.4 is 5.32 Å². The number of carbonyl (C=O) groups is 1. The number of amides is 1. The fraction of sp³-hybridized carbons (Fsp3) is 0.500. The van der Waals surface area contributed by atoms with E-state index in [0.717, 1.165) is 48.6 Å². The summed E-state index contributed by atoms with van der Waals surface area (Å²) in [6, 6.07) is 7.97. The van der Waals surface area contributed by atoms with E-state index in [1.807, 2.05) is 34.5 Å². The first-order chi connectivity index (χ1) is 12.6. The highest BCUT2D eigenvalue weighted by molar-refractivity contribution is 7.71. The van der Waals surface area contributed by atoms with Crippen molar-refractivity contribution in [3.8, 4) is 0 Å². The summed E-state index contributed by atoms with van der Waals surface area (Å²) in [7, 11) is 1.90. The molecule has 1 aliphatic heterocycles. The molecule has 0 unspecified atom stereocenters. The van der Waals surface area contributed by atoms with Crippen molar-refractivity contribution in [2.75, 3.05) is 38.0 Å². The van der Waals surface area contributed by atoms with Gasteiger partial charge in [0.05, 0.1) is 13.2 Å². The molecular formula is C18H26N6OS. The van der Waals surface area contributed by atoms with Crippen LogP contribution in [0.1, 0.15) is 12.5 Å². The van der Waals surface area contributed by atoms with Crippen LogP contribution in [0, 0.1) is 4.77 Å². The van der Waals surface area contributed by atoms with E-state index in [0.29, 0.717) is 13.2 Å². The van der Waals surface area contributed by atoms with Crippen LogP contribution in [0.5, 0.6) is 0 Å². The Morgan fingerprint density at radius 3 is 2.54 bits per heavy atom. The van der Waals surface area contributed by atoms with Gasteiger partial charge in [-0.2, -0.15) is 5.10 Å². The second-order valence-corrected chi connectivity index (χ2v) is 6.98. The van der Waals surface area contributed by atoms with Gasteiger partial charge < -0.3 is 9.88 Å². The Morgan fingerprint density at radius 1 is 1.19 bits per heavy atom. The number of aromatic nitrogens is 3. The molecule has 0 saturated carbocycles. The summed E-state index contributed by atoms with van der Waals surface area (Å²) in [5, 5.41) is 7.34. The maximum absolute atomic E-state index is 12.4. The van der Waals surface area contributed by atoms with Crippen molar-refractivity contribution in [3.05, 3.63) is 40.9 Å². The predicted octanol–water partition coefficient (Wildman–Crippen LogP) is 1.73. The second kappa shape index (κ2) is 8.57. The number of hydrogen-bond donors (Lipinski definition) is 1. The molecule has 1 amide bonds. The van der Waals surface area contributed by atoms with Crippen LogP contribution in [0.4, 0.5) is 5.69 Å². The lowest BCUT2D eigenvalue weighted by Crippen LogP contribution is -2.49. The molecule has 0 radical (unpaired) electrons. The van der Waals surface area contributed by atoms with Gasteiger partial charge in [0.25, 0.3) is 0 Å². The number of para-hydroxylation sites is 1. The Labute approximate surface area is 159 Å². The standard InChI is InChI=1S/C18H26N6OS/c1-3-15-6-4-5-7-16(15)20-17(25)12-22-8-10-23(11-9-22)14-24-18(26)21(2)13-19-24/h4-7,13H,3,8-12,14H2,1-2H3,(H,20,25). The van der Waals surface area contributed by atoms with E-state index in [-0.39, 0.29) is 5.91 Å². The minimum absolute atomic E-state index is 0.0475. The van der Waals surface area contributed by atoms with Gasteiger partial charge in [-0.05, 0) is 30.3 Å². The van der Waals surface area contributed by atoms with Crippen LogP contribution in [0.2, 0.25) is 0 Å². The zero-order chi connectivity index (χ0) is 18.5. The minimum atomic E-state index is 0.0475. The van der Waals surface area contributed by atoms with Gasteiger partial charge in [0.1, 0.15) is 6.33 Å². The summed E-state index contributed by atoms with van der Waals surface area (Å²) in [6.07, 6.45) is 2.64. The number of aryl methyl sites for hydroxylation is 2. The Morgan fingerprint density at radius 2 is 1.88 bits per heavy atom. The first kappa shape index (κ1) is 18.8. The summed E-state index contributed by atoms with van der Waals surface area (Å²) in [5.74, 6) is 0.0475. The maximum Gasteiger partial charge on any atom is 0.238 e. The zero-order valence-corrected chi connectivity index (χ0v) is 16.2. The third-order valence-electron chi connectivity index (χ3n) is 4.73. The summed E-state index contributed by atoms with van der Waals surface area (Å²) in [5.41, 5.74) is 2.08. The van der Waals surface area contributed by atoms with Crippen LogP contribution in [0.15, 0.2) is 30.6 Å². The third kappa shape index (κ3) is 4.57. The number of benzene rings is 1. The Bertz CT molecular complexity index is 806. The summed E-state index contributed by atoms with van der Waals surface area (Å²) in [6.45, 7) is 6.75. The maximum atomic E-state index is 12.4. The van der Waals surface area contributed by atoms with Gasteiger partial charge in [-0.25, -0.2) is 4.68 Å². The molecule has 140 valence electrons. The monoisotopic (exact) mass is 374 g/mol. The highest BCUT2D eigenvalue weighted by Gasteiger charge is 2.20. The number of nitrogens with one attached hydrogen (secondary N) is 1. The van der Waals surface area contributed by atoms with E-state index in [1.54, 1.807) is 6.33 Å². The number of carbonyl (C=O) groups excluding carboxylic acids is 1. The molecule has 8 heteroatoms. The molecule has 0 aliphatic carbocycles. The molecule has 26 heavy (non-hydrogen) atoms. The third-order valence-corrected chi connectivity index (χ3v) is 5.22. The van der Waals surface area contributed by atoms with Crippen LogP contribution in [-0.2, 0) is 24.9 Å². The largest absolute Gasteiger partial charge is 0.325 e. The molecule has 2 heterocycles. The molecule has 0 spiro atoms. The molecule has 1 N–H and O–H groups in total. The van der Waals surface area contributed by atoms with E-state index < -0.39 is 0 Å². The van der Waals surface area contributed by atoms with Crippen LogP contribution in [-0.4, -0.2) is 62.8 Å². The lowest BCUT2D eigenvalue weighted by atomic mass is 10.1. The second-order valence-electron chi connectivity index (χ2n) is 6.62. The molecule has 7 nitrogen and oxygen atoms in total. The summed E-state index contributed by atoms with van der Waals surface area (Å²) < 4.78 is 4.39. The van der Waals surface area contributed by atoms with Gasteiger partial charge in [0.15, 0.2) is 4.77 Å². The van der Waals surface area contributed by atoms with E-state index in [1.165, 1.54) is 0 Å². The van der Waals surface area contributed by atoms with E-state index in [9.17, 15) is 4.79 Å². The Hall–Kier alpha value is -2.03. The average molecular weight is 375 g/mol. The molecule has 0 bridgehead atoms. The normalized spacial score (nSPS) is 15.9. The number of hydrogen-bond acceptors (Lipinski definition) is 5. The van der Waals surface area contributed by atoms with E-state index >= 15 is 0 Å².